The summed E-state index contributed by atoms with van der Waals surface area (Å²) in [6, 6.07) is 0. The lowest BCUT2D eigenvalue weighted by Crippen LogP contribution is -2.32. The SMILES string of the molecule is CN(C)C(=O)c1nc2c(s1)CCN(C[C@H]1CCOC1)CC2. The minimum Gasteiger partial charge on any atom is -0.381 e. The van der Waals surface area contributed by atoms with Crippen LogP contribution in [0.3, 0.4) is 0 Å². The maximum atomic E-state index is 12.0. The molecule has 21 heavy (non-hydrogen) atoms. The highest BCUT2D eigenvalue weighted by Crippen LogP contribution is 2.24. The number of carbonyl (C=O) groups is 1. The molecule has 0 spiro atoms. The van der Waals surface area contributed by atoms with Crippen molar-refractivity contribution in [3.05, 3.63) is 15.6 Å². The van der Waals surface area contributed by atoms with Crippen molar-refractivity contribution in [2.24, 2.45) is 5.92 Å². The first-order valence-corrected chi connectivity index (χ1v) is 8.45. The average molecular weight is 309 g/mol. The van der Waals surface area contributed by atoms with Crippen LogP contribution in [0.5, 0.6) is 0 Å². The highest BCUT2D eigenvalue weighted by molar-refractivity contribution is 7.13. The van der Waals surface area contributed by atoms with Crippen molar-refractivity contribution < 1.29 is 9.53 Å². The largest absolute Gasteiger partial charge is 0.381 e. The first kappa shape index (κ1) is 14.9. The van der Waals surface area contributed by atoms with Gasteiger partial charge >= 0.3 is 0 Å². The molecule has 3 rings (SSSR count). The van der Waals surface area contributed by atoms with E-state index in [1.807, 2.05) is 0 Å². The van der Waals surface area contributed by atoms with Crippen molar-refractivity contribution in [3.8, 4) is 0 Å². The molecule has 0 N–H and O–H groups in total. The molecule has 1 fully saturated rings. The van der Waals surface area contributed by atoms with Crippen molar-refractivity contribution in [3.63, 3.8) is 0 Å². The predicted octanol–water partition coefficient (Wildman–Crippen LogP) is 1.28. The Balaban J connectivity index is 1.62. The van der Waals surface area contributed by atoms with E-state index in [2.05, 4.69) is 9.88 Å². The quantitative estimate of drug-likeness (QED) is 0.844. The third-order valence-corrected chi connectivity index (χ3v) is 5.37. The Morgan fingerprint density at radius 1 is 1.43 bits per heavy atom. The first-order chi connectivity index (χ1) is 10.1. The Bertz CT molecular complexity index is 484. The Kier molecular flexibility index (Phi) is 4.57. The lowest BCUT2D eigenvalue weighted by atomic mass is 10.1. The van der Waals surface area contributed by atoms with Gasteiger partial charge in [0.05, 0.1) is 12.3 Å². The molecule has 6 heteroatoms. The molecule has 3 heterocycles. The Morgan fingerprint density at radius 3 is 2.95 bits per heavy atom. The summed E-state index contributed by atoms with van der Waals surface area (Å²) in [7, 11) is 3.56. The molecule has 2 aliphatic rings. The third-order valence-electron chi connectivity index (χ3n) is 4.23. The van der Waals surface area contributed by atoms with Crippen molar-refractivity contribution in [2.45, 2.75) is 19.3 Å². The van der Waals surface area contributed by atoms with Crippen LogP contribution in [0.4, 0.5) is 0 Å². The smallest absolute Gasteiger partial charge is 0.282 e. The number of thiazole rings is 1. The van der Waals surface area contributed by atoms with E-state index in [-0.39, 0.29) is 5.91 Å². The van der Waals surface area contributed by atoms with Crippen LogP contribution < -0.4 is 0 Å². The fourth-order valence-corrected chi connectivity index (χ4v) is 4.09. The van der Waals surface area contributed by atoms with E-state index in [0.717, 1.165) is 51.4 Å². The van der Waals surface area contributed by atoms with Gasteiger partial charge in [0, 0.05) is 51.6 Å². The fourth-order valence-electron chi connectivity index (χ4n) is 2.97. The maximum absolute atomic E-state index is 12.0. The van der Waals surface area contributed by atoms with Gasteiger partial charge < -0.3 is 14.5 Å². The summed E-state index contributed by atoms with van der Waals surface area (Å²) in [5.41, 5.74) is 1.13. The summed E-state index contributed by atoms with van der Waals surface area (Å²) in [6.07, 6.45) is 3.17. The molecular weight excluding hydrogens is 286 g/mol. The average Bonchev–Trinajstić information content (AvgIpc) is 3.07. The molecular formula is C15H23N3O2S. The Labute approximate surface area is 129 Å². The normalized spacial score (nSPS) is 22.9. The van der Waals surface area contributed by atoms with Gasteiger partial charge in [0.15, 0.2) is 5.01 Å². The van der Waals surface area contributed by atoms with Crippen LogP contribution in [0.15, 0.2) is 0 Å². The molecule has 0 aliphatic carbocycles. The van der Waals surface area contributed by atoms with E-state index in [1.165, 1.54) is 11.3 Å². The van der Waals surface area contributed by atoms with E-state index in [1.54, 1.807) is 30.3 Å². The summed E-state index contributed by atoms with van der Waals surface area (Å²) in [4.78, 5) is 22.0. The van der Waals surface area contributed by atoms with Crippen LogP contribution in [0.1, 0.15) is 26.8 Å². The molecule has 0 saturated carbocycles. The Hall–Kier alpha value is -0.980. The molecule has 1 saturated heterocycles. The van der Waals surface area contributed by atoms with Crippen molar-refractivity contribution in [2.75, 3.05) is 46.9 Å². The maximum Gasteiger partial charge on any atom is 0.282 e. The minimum absolute atomic E-state index is 0.0213. The number of rotatable bonds is 3. The first-order valence-electron chi connectivity index (χ1n) is 7.64. The van der Waals surface area contributed by atoms with E-state index >= 15 is 0 Å². The molecule has 0 radical (unpaired) electrons. The zero-order valence-electron chi connectivity index (χ0n) is 12.8. The number of hydrogen-bond acceptors (Lipinski definition) is 5. The van der Waals surface area contributed by atoms with Gasteiger partial charge in [0.2, 0.25) is 0 Å². The molecule has 0 aromatic carbocycles. The summed E-state index contributed by atoms with van der Waals surface area (Å²) < 4.78 is 5.46. The molecule has 1 aromatic heterocycles. The van der Waals surface area contributed by atoms with Crippen LogP contribution in [0, 0.1) is 5.92 Å². The standard InChI is InChI=1S/C15H23N3O2S/c1-17(2)15(19)14-16-12-3-6-18(7-4-13(12)21-14)9-11-5-8-20-10-11/h11H,3-10H2,1-2H3/t11-/m1/s1. The minimum atomic E-state index is 0.0213. The van der Waals surface area contributed by atoms with E-state index in [4.69, 9.17) is 4.74 Å². The van der Waals surface area contributed by atoms with Crippen LogP contribution in [0.25, 0.3) is 0 Å². The number of ether oxygens (including phenoxy) is 1. The molecule has 1 atom stereocenters. The van der Waals surface area contributed by atoms with Crippen LogP contribution >= 0.6 is 11.3 Å². The van der Waals surface area contributed by atoms with E-state index in [0.29, 0.717) is 10.9 Å². The van der Waals surface area contributed by atoms with Crippen molar-refractivity contribution >= 4 is 17.2 Å². The second-order valence-electron chi connectivity index (χ2n) is 6.12. The molecule has 2 aliphatic heterocycles. The van der Waals surface area contributed by atoms with Crippen molar-refractivity contribution in [1.29, 1.82) is 0 Å². The van der Waals surface area contributed by atoms with Crippen LogP contribution in [-0.2, 0) is 17.6 Å². The zero-order valence-corrected chi connectivity index (χ0v) is 13.6. The topological polar surface area (TPSA) is 45.7 Å². The monoisotopic (exact) mass is 309 g/mol. The van der Waals surface area contributed by atoms with Gasteiger partial charge in [-0.3, -0.25) is 4.79 Å². The molecule has 5 nitrogen and oxygen atoms in total. The van der Waals surface area contributed by atoms with Gasteiger partial charge in [-0.2, -0.15) is 0 Å². The number of nitrogens with zero attached hydrogens (tertiary/aromatic N) is 3. The van der Waals surface area contributed by atoms with Gasteiger partial charge in [-0.15, -0.1) is 11.3 Å². The highest BCUT2D eigenvalue weighted by atomic mass is 32.1. The van der Waals surface area contributed by atoms with E-state index in [9.17, 15) is 4.79 Å². The Morgan fingerprint density at radius 2 is 2.24 bits per heavy atom. The van der Waals surface area contributed by atoms with Gasteiger partial charge in [-0.1, -0.05) is 0 Å². The second-order valence-corrected chi connectivity index (χ2v) is 7.20. The molecule has 1 amide bonds. The van der Waals surface area contributed by atoms with E-state index < -0.39 is 0 Å². The zero-order chi connectivity index (χ0) is 14.8. The lowest BCUT2D eigenvalue weighted by Gasteiger charge is -2.22. The van der Waals surface area contributed by atoms with Gasteiger partial charge in [0.1, 0.15) is 0 Å². The summed E-state index contributed by atoms with van der Waals surface area (Å²) in [6.45, 7) is 5.09. The van der Waals surface area contributed by atoms with Crippen molar-refractivity contribution in [1.82, 2.24) is 14.8 Å². The predicted molar refractivity (Wildman–Crippen MR) is 82.9 cm³/mol. The molecule has 0 bridgehead atoms. The summed E-state index contributed by atoms with van der Waals surface area (Å²) in [5.74, 6) is 0.716. The number of amides is 1. The van der Waals surface area contributed by atoms with Gasteiger partial charge in [-0.25, -0.2) is 4.98 Å². The number of aromatic nitrogens is 1. The number of fused-ring (bicyclic) bond motifs is 1. The summed E-state index contributed by atoms with van der Waals surface area (Å²) >= 11 is 1.58. The highest BCUT2D eigenvalue weighted by Gasteiger charge is 2.24. The van der Waals surface area contributed by atoms with Gasteiger partial charge in [-0.05, 0) is 18.8 Å². The fraction of sp³-hybridized carbons (Fsp3) is 0.733. The summed E-state index contributed by atoms with van der Waals surface area (Å²) in [5, 5.41) is 0.641. The van der Waals surface area contributed by atoms with Crippen LogP contribution in [-0.4, -0.2) is 67.6 Å². The number of hydrogen-bond donors (Lipinski definition) is 0. The lowest BCUT2D eigenvalue weighted by molar-refractivity contribution is 0.0827. The molecule has 1 aromatic rings. The molecule has 116 valence electrons. The second kappa shape index (κ2) is 6.42. The molecule has 0 unspecified atom stereocenters. The van der Waals surface area contributed by atoms with Crippen LogP contribution in [0.2, 0.25) is 0 Å². The van der Waals surface area contributed by atoms with Gasteiger partial charge in [0.25, 0.3) is 5.91 Å². The number of carbonyl (C=O) groups excluding carboxylic acids is 1. The third kappa shape index (κ3) is 3.44.